The fourth-order valence-corrected chi connectivity index (χ4v) is 4.70. The predicted octanol–water partition coefficient (Wildman–Crippen LogP) is 3.91. The Balaban J connectivity index is 1.27. The Bertz CT molecular complexity index is 901. The average molecular weight is 367 g/mol. The molecule has 134 valence electrons. The fraction of sp³-hybridized carbons (Fsp3) is 0.350. The van der Waals surface area contributed by atoms with Crippen LogP contribution in [0, 0.1) is 0 Å². The normalized spacial score (nSPS) is 18.4. The number of nitrogens with zero attached hydrogens (tertiary/aromatic N) is 3. The lowest BCUT2D eigenvalue weighted by Gasteiger charge is -2.38. The van der Waals surface area contributed by atoms with Crippen LogP contribution in [0.1, 0.15) is 18.5 Å². The molecule has 3 heterocycles. The topological polar surface area (TPSA) is 37.8 Å². The van der Waals surface area contributed by atoms with Crippen molar-refractivity contribution in [2.45, 2.75) is 13.0 Å². The summed E-state index contributed by atoms with van der Waals surface area (Å²) in [4.78, 5) is 9.74. The predicted molar refractivity (Wildman–Crippen MR) is 104 cm³/mol. The molecule has 1 saturated heterocycles. The average Bonchev–Trinajstić information content (AvgIpc) is 3.33. The van der Waals surface area contributed by atoms with Crippen LogP contribution in [0.15, 0.2) is 42.5 Å². The van der Waals surface area contributed by atoms with Gasteiger partial charge in [-0.15, -0.1) is 0 Å². The molecule has 0 amide bonds. The highest BCUT2D eigenvalue weighted by atomic mass is 32.1. The van der Waals surface area contributed by atoms with E-state index < -0.39 is 0 Å². The molecule has 5 nitrogen and oxygen atoms in total. The second kappa shape index (κ2) is 6.45. The quantitative estimate of drug-likeness (QED) is 0.702. The zero-order valence-corrected chi connectivity index (χ0v) is 15.5. The number of piperazine rings is 1. The maximum atomic E-state index is 5.52. The Hall–Kier alpha value is -2.31. The third-order valence-corrected chi connectivity index (χ3v) is 6.39. The summed E-state index contributed by atoms with van der Waals surface area (Å²) in [5.41, 5.74) is 2.38. The smallest absolute Gasteiger partial charge is 0.231 e. The zero-order valence-electron chi connectivity index (χ0n) is 14.7. The first-order valence-corrected chi connectivity index (χ1v) is 9.84. The monoisotopic (exact) mass is 367 g/mol. The molecule has 6 heteroatoms. The summed E-state index contributed by atoms with van der Waals surface area (Å²) in [5.74, 6) is 1.71. The maximum absolute atomic E-state index is 5.52. The standard InChI is InChI=1S/C20H21N3O2S/c1-14(15-6-7-17-18(12-15)25-13-24-17)22-8-10-23(11-9-22)20-21-16-4-2-3-5-19(16)26-20/h2-7,12,14H,8-11,13H2,1H3. The van der Waals surface area contributed by atoms with Gasteiger partial charge in [0.15, 0.2) is 16.6 Å². The Labute approximate surface area is 156 Å². The van der Waals surface area contributed by atoms with Crippen LogP contribution in [0.4, 0.5) is 5.13 Å². The van der Waals surface area contributed by atoms with Gasteiger partial charge in [0.2, 0.25) is 6.79 Å². The van der Waals surface area contributed by atoms with Gasteiger partial charge in [0.05, 0.1) is 10.2 Å². The number of ether oxygens (including phenoxy) is 2. The van der Waals surface area contributed by atoms with Crippen molar-refractivity contribution in [1.82, 2.24) is 9.88 Å². The van der Waals surface area contributed by atoms with E-state index in [2.05, 4.69) is 53.1 Å². The van der Waals surface area contributed by atoms with E-state index in [9.17, 15) is 0 Å². The lowest BCUT2D eigenvalue weighted by molar-refractivity contribution is 0.173. The van der Waals surface area contributed by atoms with Gasteiger partial charge in [-0.25, -0.2) is 4.98 Å². The van der Waals surface area contributed by atoms with Crippen LogP contribution in [0.5, 0.6) is 11.5 Å². The van der Waals surface area contributed by atoms with Crippen LogP contribution in [-0.2, 0) is 0 Å². The van der Waals surface area contributed by atoms with Crippen molar-refractivity contribution in [2.75, 3.05) is 37.9 Å². The summed E-state index contributed by atoms with van der Waals surface area (Å²) in [5, 5.41) is 1.14. The summed E-state index contributed by atoms with van der Waals surface area (Å²) in [7, 11) is 0. The molecule has 1 aromatic heterocycles. The van der Waals surface area contributed by atoms with Gasteiger partial charge < -0.3 is 14.4 Å². The Morgan fingerprint density at radius 1 is 1.00 bits per heavy atom. The van der Waals surface area contributed by atoms with Crippen molar-refractivity contribution in [3.05, 3.63) is 48.0 Å². The van der Waals surface area contributed by atoms with Gasteiger partial charge in [-0.1, -0.05) is 29.5 Å². The Morgan fingerprint density at radius 2 is 1.81 bits per heavy atom. The van der Waals surface area contributed by atoms with E-state index in [0.29, 0.717) is 12.8 Å². The second-order valence-electron chi connectivity index (χ2n) is 6.78. The van der Waals surface area contributed by atoms with Gasteiger partial charge in [-0.2, -0.15) is 0 Å². The van der Waals surface area contributed by atoms with Crippen molar-refractivity contribution in [3.8, 4) is 11.5 Å². The number of benzene rings is 2. The molecule has 0 radical (unpaired) electrons. The van der Waals surface area contributed by atoms with Gasteiger partial charge in [0.25, 0.3) is 0 Å². The number of hydrogen-bond donors (Lipinski definition) is 0. The summed E-state index contributed by atoms with van der Waals surface area (Å²) in [6, 6.07) is 15.0. The zero-order chi connectivity index (χ0) is 17.5. The molecule has 1 atom stereocenters. The van der Waals surface area contributed by atoms with E-state index in [1.165, 1.54) is 10.3 Å². The van der Waals surface area contributed by atoms with Crippen LogP contribution in [-0.4, -0.2) is 42.9 Å². The number of aromatic nitrogens is 1. The lowest BCUT2D eigenvalue weighted by Crippen LogP contribution is -2.47. The first-order valence-electron chi connectivity index (χ1n) is 9.02. The number of hydrogen-bond acceptors (Lipinski definition) is 6. The van der Waals surface area contributed by atoms with Gasteiger partial charge in [0.1, 0.15) is 0 Å². The van der Waals surface area contributed by atoms with Crippen LogP contribution in [0.25, 0.3) is 10.2 Å². The second-order valence-corrected chi connectivity index (χ2v) is 7.78. The van der Waals surface area contributed by atoms with Crippen molar-refractivity contribution < 1.29 is 9.47 Å². The summed E-state index contributed by atoms with van der Waals surface area (Å²) in [6.07, 6.45) is 0. The molecule has 0 saturated carbocycles. The molecule has 2 aliphatic heterocycles. The third kappa shape index (κ3) is 2.79. The molecule has 5 rings (SSSR count). The van der Waals surface area contributed by atoms with Gasteiger partial charge in [-0.05, 0) is 36.8 Å². The van der Waals surface area contributed by atoms with Crippen molar-refractivity contribution >= 4 is 26.7 Å². The highest BCUT2D eigenvalue weighted by Crippen LogP contribution is 2.36. The molecule has 0 bridgehead atoms. The SMILES string of the molecule is CC(c1ccc2c(c1)OCO2)N1CCN(c2nc3ccccc3s2)CC1. The molecule has 2 aromatic carbocycles. The number of para-hydroxylation sites is 1. The minimum Gasteiger partial charge on any atom is -0.454 e. The summed E-state index contributed by atoms with van der Waals surface area (Å²) in [6.45, 7) is 6.68. The molecule has 3 aromatic rings. The van der Waals surface area contributed by atoms with Gasteiger partial charge in [0, 0.05) is 32.2 Å². The Kier molecular flexibility index (Phi) is 3.94. The molecule has 0 aliphatic carbocycles. The number of rotatable bonds is 3. The Morgan fingerprint density at radius 3 is 2.65 bits per heavy atom. The van der Waals surface area contributed by atoms with Crippen LogP contribution < -0.4 is 14.4 Å². The molecule has 1 unspecified atom stereocenters. The molecule has 0 spiro atoms. The minimum absolute atomic E-state index is 0.327. The minimum atomic E-state index is 0.327. The molecule has 2 aliphatic rings. The maximum Gasteiger partial charge on any atom is 0.231 e. The third-order valence-electron chi connectivity index (χ3n) is 5.29. The summed E-state index contributed by atoms with van der Waals surface area (Å²) >= 11 is 1.79. The first-order chi connectivity index (χ1) is 12.8. The van der Waals surface area contributed by atoms with Crippen molar-refractivity contribution in [2.24, 2.45) is 0 Å². The number of anilines is 1. The van der Waals surface area contributed by atoms with Crippen LogP contribution >= 0.6 is 11.3 Å². The van der Waals surface area contributed by atoms with E-state index in [4.69, 9.17) is 14.5 Å². The molecule has 26 heavy (non-hydrogen) atoms. The molecule has 1 fully saturated rings. The largest absolute Gasteiger partial charge is 0.454 e. The van der Waals surface area contributed by atoms with Crippen LogP contribution in [0.3, 0.4) is 0 Å². The fourth-order valence-electron chi connectivity index (χ4n) is 3.68. The molecular formula is C20H21N3O2S. The van der Waals surface area contributed by atoms with E-state index in [-0.39, 0.29) is 0 Å². The number of thiazole rings is 1. The number of fused-ring (bicyclic) bond motifs is 2. The van der Waals surface area contributed by atoms with Crippen molar-refractivity contribution in [3.63, 3.8) is 0 Å². The highest BCUT2D eigenvalue weighted by molar-refractivity contribution is 7.22. The van der Waals surface area contributed by atoms with Crippen LogP contribution in [0.2, 0.25) is 0 Å². The van der Waals surface area contributed by atoms with E-state index in [1.54, 1.807) is 11.3 Å². The van der Waals surface area contributed by atoms with Gasteiger partial charge in [-0.3, -0.25) is 4.90 Å². The van der Waals surface area contributed by atoms with E-state index in [1.807, 2.05) is 6.07 Å². The van der Waals surface area contributed by atoms with E-state index >= 15 is 0 Å². The van der Waals surface area contributed by atoms with Crippen molar-refractivity contribution in [1.29, 1.82) is 0 Å². The van der Waals surface area contributed by atoms with E-state index in [0.717, 1.165) is 48.3 Å². The first kappa shape index (κ1) is 15.9. The summed E-state index contributed by atoms with van der Waals surface area (Å²) < 4.78 is 12.2. The molecule has 0 N–H and O–H groups in total. The van der Waals surface area contributed by atoms with Gasteiger partial charge >= 0.3 is 0 Å². The lowest BCUT2D eigenvalue weighted by atomic mass is 10.1. The highest BCUT2D eigenvalue weighted by Gasteiger charge is 2.25. The molecular weight excluding hydrogens is 346 g/mol.